The molecule has 0 radical (unpaired) electrons. The van der Waals surface area contributed by atoms with Crippen molar-refractivity contribution in [3.8, 4) is 11.4 Å². The summed E-state index contributed by atoms with van der Waals surface area (Å²) < 4.78 is 58.7. The number of benzene rings is 2. The number of aromatic nitrogens is 4. The van der Waals surface area contributed by atoms with Crippen LogP contribution in [0, 0.1) is 5.82 Å². The predicted octanol–water partition coefficient (Wildman–Crippen LogP) is 4.65. The Bertz CT molecular complexity index is 1260. The van der Waals surface area contributed by atoms with Gasteiger partial charge in [-0.3, -0.25) is 4.79 Å². The third-order valence-corrected chi connectivity index (χ3v) is 5.98. The highest BCUT2D eigenvalue weighted by atomic mass is 19.4. The molecular weight excluding hydrogens is 470 g/mol. The van der Waals surface area contributed by atoms with Crippen LogP contribution in [0.5, 0.6) is 0 Å². The van der Waals surface area contributed by atoms with Crippen LogP contribution in [0.15, 0.2) is 36.4 Å². The number of tetrazole rings is 1. The Kier molecular flexibility index (Phi) is 6.30. The number of anilines is 1. The van der Waals surface area contributed by atoms with Crippen LogP contribution in [0.4, 0.5) is 23.2 Å². The molecule has 12 heteroatoms. The average Bonchev–Trinajstić information content (AvgIpc) is 3.43. The molecule has 2 aromatic carbocycles. The van der Waals surface area contributed by atoms with Gasteiger partial charge in [-0.15, -0.1) is 5.10 Å². The van der Waals surface area contributed by atoms with Crippen LogP contribution in [-0.2, 0) is 21.1 Å². The number of ether oxygens (including phenoxy) is 1. The van der Waals surface area contributed by atoms with Gasteiger partial charge in [-0.1, -0.05) is 13.0 Å². The molecule has 3 aromatic rings. The minimum absolute atomic E-state index is 0.101. The Hall–Kier alpha value is -3.83. The van der Waals surface area contributed by atoms with Gasteiger partial charge in [0.05, 0.1) is 22.6 Å². The highest BCUT2D eigenvalue weighted by Gasteiger charge is 2.53. The van der Waals surface area contributed by atoms with Crippen LogP contribution >= 0.6 is 0 Å². The predicted molar refractivity (Wildman–Crippen MR) is 116 cm³/mol. The van der Waals surface area contributed by atoms with Crippen molar-refractivity contribution in [3.63, 3.8) is 0 Å². The fourth-order valence-corrected chi connectivity index (χ4v) is 3.67. The second kappa shape index (κ2) is 9.08. The zero-order chi connectivity index (χ0) is 25.4. The number of H-pyrrole nitrogens is 1. The quantitative estimate of drug-likeness (QED) is 0.368. The molecule has 35 heavy (non-hydrogen) atoms. The molecule has 2 N–H and O–H groups in total. The SMILES string of the molecule is CC[C@H](C)OC(=O)c1ccc(NC(=O)C2(c3ccc(C(F)(F)F)cc3F)CC2)cc1-c1nnn[nH]1. The average molecular weight is 491 g/mol. The Balaban J connectivity index is 1.61. The monoisotopic (exact) mass is 491 g/mol. The number of carbonyl (C=O) groups is 2. The minimum Gasteiger partial charge on any atom is -0.459 e. The zero-order valence-corrected chi connectivity index (χ0v) is 18.7. The molecule has 8 nitrogen and oxygen atoms in total. The fraction of sp³-hybridized carbons (Fsp3) is 0.348. The zero-order valence-electron chi connectivity index (χ0n) is 18.7. The number of rotatable bonds is 7. The lowest BCUT2D eigenvalue weighted by molar-refractivity contribution is -0.137. The first-order valence-corrected chi connectivity index (χ1v) is 10.8. The van der Waals surface area contributed by atoms with E-state index in [1.54, 1.807) is 6.92 Å². The summed E-state index contributed by atoms with van der Waals surface area (Å²) in [6.07, 6.45) is -3.85. The Labute approximate surface area is 197 Å². The summed E-state index contributed by atoms with van der Waals surface area (Å²) in [4.78, 5) is 25.7. The van der Waals surface area contributed by atoms with Crippen molar-refractivity contribution >= 4 is 17.6 Å². The smallest absolute Gasteiger partial charge is 0.416 e. The lowest BCUT2D eigenvalue weighted by atomic mass is 9.93. The minimum atomic E-state index is -4.69. The van der Waals surface area contributed by atoms with E-state index in [-0.39, 0.29) is 47.1 Å². The molecule has 0 unspecified atom stereocenters. The van der Waals surface area contributed by atoms with Crippen molar-refractivity contribution in [2.75, 3.05) is 5.32 Å². The lowest BCUT2D eigenvalue weighted by Gasteiger charge is -2.18. The van der Waals surface area contributed by atoms with Crippen molar-refractivity contribution in [2.45, 2.75) is 50.8 Å². The largest absolute Gasteiger partial charge is 0.459 e. The van der Waals surface area contributed by atoms with Gasteiger partial charge >= 0.3 is 12.1 Å². The third kappa shape index (κ3) is 4.86. The Morgan fingerprint density at radius 3 is 2.51 bits per heavy atom. The fourth-order valence-electron chi connectivity index (χ4n) is 3.67. The molecule has 0 spiro atoms. The maximum atomic E-state index is 14.6. The molecule has 1 fully saturated rings. The maximum absolute atomic E-state index is 14.6. The Morgan fingerprint density at radius 1 is 1.20 bits per heavy atom. The molecule has 184 valence electrons. The van der Waals surface area contributed by atoms with Gasteiger partial charge in [0.15, 0.2) is 5.82 Å². The third-order valence-electron chi connectivity index (χ3n) is 5.98. The molecule has 1 aliphatic rings. The van der Waals surface area contributed by atoms with Gasteiger partial charge in [0.1, 0.15) is 5.82 Å². The molecule has 1 aromatic heterocycles. The molecular formula is C23H21F4N5O3. The number of carbonyl (C=O) groups excluding carboxylic acids is 2. The van der Waals surface area contributed by atoms with E-state index >= 15 is 0 Å². The van der Waals surface area contributed by atoms with E-state index in [0.717, 1.165) is 12.1 Å². The number of alkyl halides is 3. The number of nitrogens with zero attached hydrogens (tertiary/aromatic N) is 3. The maximum Gasteiger partial charge on any atom is 0.416 e. The first-order valence-electron chi connectivity index (χ1n) is 10.8. The Morgan fingerprint density at radius 2 is 1.94 bits per heavy atom. The summed E-state index contributed by atoms with van der Waals surface area (Å²) in [5.41, 5.74) is -1.81. The molecule has 1 amide bonds. The van der Waals surface area contributed by atoms with Crippen molar-refractivity contribution in [1.29, 1.82) is 0 Å². The van der Waals surface area contributed by atoms with Crippen molar-refractivity contribution in [2.24, 2.45) is 0 Å². The van der Waals surface area contributed by atoms with Gasteiger partial charge in [-0.05, 0) is 66.9 Å². The van der Waals surface area contributed by atoms with Gasteiger partial charge in [0.2, 0.25) is 5.91 Å². The van der Waals surface area contributed by atoms with Crippen LogP contribution in [0.2, 0.25) is 0 Å². The van der Waals surface area contributed by atoms with Crippen LogP contribution in [0.1, 0.15) is 54.6 Å². The molecule has 0 bridgehead atoms. The summed E-state index contributed by atoms with van der Waals surface area (Å²) in [6, 6.07) is 6.54. The molecule has 1 aliphatic carbocycles. The van der Waals surface area contributed by atoms with Gasteiger partial charge in [-0.2, -0.15) is 13.2 Å². The van der Waals surface area contributed by atoms with Crippen LogP contribution in [0.25, 0.3) is 11.4 Å². The second-order valence-electron chi connectivity index (χ2n) is 8.36. The van der Waals surface area contributed by atoms with E-state index in [0.29, 0.717) is 12.5 Å². The van der Waals surface area contributed by atoms with E-state index in [1.165, 1.54) is 18.2 Å². The molecule has 1 heterocycles. The highest BCUT2D eigenvalue weighted by molar-refractivity contribution is 6.03. The highest BCUT2D eigenvalue weighted by Crippen LogP contribution is 2.50. The molecule has 0 saturated heterocycles. The van der Waals surface area contributed by atoms with Crippen molar-refractivity contribution in [3.05, 3.63) is 58.9 Å². The first-order chi connectivity index (χ1) is 16.5. The normalized spacial score (nSPS) is 15.4. The lowest BCUT2D eigenvalue weighted by Crippen LogP contribution is -2.29. The number of hydrogen-bond donors (Lipinski definition) is 2. The van der Waals surface area contributed by atoms with Crippen molar-refractivity contribution in [1.82, 2.24) is 20.6 Å². The van der Waals surface area contributed by atoms with E-state index in [9.17, 15) is 27.2 Å². The number of nitrogens with one attached hydrogen (secondary N) is 2. The first kappa shape index (κ1) is 24.3. The summed E-state index contributed by atoms with van der Waals surface area (Å²) >= 11 is 0. The summed E-state index contributed by atoms with van der Waals surface area (Å²) in [5, 5.41) is 16.1. The molecule has 0 aliphatic heterocycles. The summed E-state index contributed by atoms with van der Waals surface area (Å²) in [7, 11) is 0. The van der Waals surface area contributed by atoms with E-state index in [2.05, 4.69) is 25.9 Å². The van der Waals surface area contributed by atoms with Gasteiger partial charge in [0, 0.05) is 16.8 Å². The summed E-state index contributed by atoms with van der Waals surface area (Å²) in [5.74, 6) is -2.11. The van der Waals surface area contributed by atoms with Gasteiger partial charge in [-0.25, -0.2) is 14.3 Å². The van der Waals surface area contributed by atoms with Crippen LogP contribution < -0.4 is 5.32 Å². The number of hydrogen-bond acceptors (Lipinski definition) is 6. The standard InChI is InChI=1S/C23H21F4N5O3/c1-3-12(2)35-20(33)15-6-5-14(11-16(15)19-29-31-32-30-19)28-21(34)22(8-9-22)17-7-4-13(10-18(17)24)23(25,26)27/h4-7,10-12H,3,8-9H2,1-2H3,(H,28,34)(H,29,30,31,32)/t12-/m0/s1. The second-order valence-corrected chi connectivity index (χ2v) is 8.36. The number of esters is 1. The number of amides is 1. The van der Waals surface area contributed by atoms with E-state index < -0.39 is 34.8 Å². The number of aromatic amines is 1. The van der Waals surface area contributed by atoms with E-state index in [4.69, 9.17) is 4.74 Å². The van der Waals surface area contributed by atoms with Crippen LogP contribution in [0.3, 0.4) is 0 Å². The van der Waals surface area contributed by atoms with Crippen LogP contribution in [-0.4, -0.2) is 38.6 Å². The number of halogens is 4. The van der Waals surface area contributed by atoms with Gasteiger partial charge < -0.3 is 10.1 Å². The molecule has 1 atom stereocenters. The molecule has 4 rings (SSSR count). The van der Waals surface area contributed by atoms with E-state index in [1.807, 2.05) is 6.92 Å². The summed E-state index contributed by atoms with van der Waals surface area (Å²) in [6.45, 7) is 3.61. The molecule has 1 saturated carbocycles. The van der Waals surface area contributed by atoms with Crippen molar-refractivity contribution < 1.29 is 31.9 Å². The topological polar surface area (TPSA) is 110 Å². The van der Waals surface area contributed by atoms with Gasteiger partial charge in [0.25, 0.3) is 0 Å².